The van der Waals surface area contributed by atoms with Gasteiger partial charge in [-0.1, -0.05) is 46.3 Å². The monoisotopic (exact) mass is 510 g/mol. The molecule has 5 aromatic rings. The molecule has 3 aromatic carbocycles. The van der Waals surface area contributed by atoms with E-state index in [1.54, 1.807) is 35.1 Å². The maximum Gasteiger partial charge on any atom is 0.416 e. The van der Waals surface area contributed by atoms with Crippen molar-refractivity contribution >= 4 is 27.0 Å². The first-order valence-corrected chi connectivity index (χ1v) is 10.6. The summed E-state index contributed by atoms with van der Waals surface area (Å²) in [6.07, 6.45) is -2.86. The second-order valence-electron chi connectivity index (χ2n) is 7.27. The van der Waals surface area contributed by atoms with E-state index in [-0.39, 0.29) is 22.4 Å². The summed E-state index contributed by atoms with van der Waals surface area (Å²) >= 11 is 3.37. The lowest BCUT2D eigenvalue weighted by atomic mass is 10.1. The smallest absolute Gasteiger partial charge is 0.268 e. The van der Waals surface area contributed by atoms with Gasteiger partial charge in [-0.25, -0.2) is 9.67 Å². The van der Waals surface area contributed by atoms with Gasteiger partial charge in [0.05, 0.1) is 16.9 Å². The lowest BCUT2D eigenvalue weighted by molar-refractivity contribution is -0.137. The van der Waals surface area contributed by atoms with Crippen LogP contribution in [0.3, 0.4) is 0 Å². The number of aromatic nitrogens is 4. The molecule has 0 atom stereocenters. The van der Waals surface area contributed by atoms with Crippen LogP contribution in [-0.4, -0.2) is 19.3 Å². The molecular formula is C24H14BrF3N4O. The fourth-order valence-electron chi connectivity index (χ4n) is 3.51. The molecule has 2 heterocycles. The van der Waals surface area contributed by atoms with Gasteiger partial charge in [0.15, 0.2) is 5.65 Å². The second-order valence-corrected chi connectivity index (χ2v) is 8.19. The summed E-state index contributed by atoms with van der Waals surface area (Å²) in [5.74, 6) is 0.196. The molecule has 5 rings (SSSR count). The molecule has 0 radical (unpaired) electrons. The van der Waals surface area contributed by atoms with Crippen LogP contribution in [0.1, 0.15) is 5.56 Å². The summed E-state index contributed by atoms with van der Waals surface area (Å²) in [6.45, 7) is 0. The van der Waals surface area contributed by atoms with Crippen LogP contribution >= 0.6 is 15.9 Å². The molecule has 33 heavy (non-hydrogen) atoms. The quantitative estimate of drug-likeness (QED) is 0.298. The van der Waals surface area contributed by atoms with Gasteiger partial charge >= 0.3 is 6.18 Å². The van der Waals surface area contributed by atoms with Crippen LogP contribution in [0.25, 0.3) is 33.8 Å². The zero-order valence-corrected chi connectivity index (χ0v) is 18.4. The molecule has 164 valence electrons. The Morgan fingerprint density at radius 3 is 2.12 bits per heavy atom. The van der Waals surface area contributed by atoms with E-state index in [9.17, 15) is 18.0 Å². The van der Waals surface area contributed by atoms with E-state index in [1.165, 1.54) is 16.7 Å². The lowest BCUT2D eigenvalue weighted by Crippen LogP contribution is -2.21. The summed E-state index contributed by atoms with van der Waals surface area (Å²) in [6, 6.07) is 20.8. The molecule has 0 spiro atoms. The molecule has 0 bridgehead atoms. The first kappa shape index (κ1) is 21.1. The van der Waals surface area contributed by atoms with Gasteiger partial charge in [-0.2, -0.15) is 13.2 Å². The molecule has 0 saturated carbocycles. The normalized spacial score (nSPS) is 11.8. The third kappa shape index (κ3) is 3.95. The summed E-state index contributed by atoms with van der Waals surface area (Å²) in [5, 5.41) is 4.73. The minimum atomic E-state index is -4.46. The number of fused-ring (bicyclic) bond motifs is 1. The molecule has 0 aliphatic heterocycles. The fraction of sp³-hybridized carbons (Fsp3) is 0.0417. The predicted octanol–water partition coefficient (Wildman–Crippen LogP) is 6.02. The van der Waals surface area contributed by atoms with Crippen LogP contribution in [0.5, 0.6) is 0 Å². The Bertz CT molecular complexity index is 1510. The fourth-order valence-corrected chi connectivity index (χ4v) is 3.77. The summed E-state index contributed by atoms with van der Waals surface area (Å²) in [4.78, 5) is 18.1. The second kappa shape index (κ2) is 8.00. The third-order valence-corrected chi connectivity index (χ3v) is 5.66. The molecule has 0 N–H and O–H groups in total. The van der Waals surface area contributed by atoms with Crippen LogP contribution in [-0.2, 0) is 6.18 Å². The van der Waals surface area contributed by atoms with Crippen molar-refractivity contribution in [1.82, 2.24) is 19.3 Å². The van der Waals surface area contributed by atoms with Gasteiger partial charge in [0.2, 0.25) is 0 Å². The zero-order chi connectivity index (χ0) is 23.2. The van der Waals surface area contributed by atoms with Crippen molar-refractivity contribution < 1.29 is 13.2 Å². The van der Waals surface area contributed by atoms with Crippen molar-refractivity contribution in [2.75, 3.05) is 0 Å². The van der Waals surface area contributed by atoms with Crippen molar-refractivity contribution in [3.63, 3.8) is 0 Å². The minimum absolute atomic E-state index is 0.196. The van der Waals surface area contributed by atoms with Crippen LogP contribution in [0.2, 0.25) is 0 Å². The van der Waals surface area contributed by atoms with E-state index in [0.29, 0.717) is 11.3 Å². The molecular weight excluding hydrogens is 497 g/mol. The van der Waals surface area contributed by atoms with Crippen molar-refractivity contribution in [3.8, 4) is 22.8 Å². The highest BCUT2D eigenvalue weighted by molar-refractivity contribution is 9.10. The average Bonchev–Trinajstić information content (AvgIpc) is 3.25. The van der Waals surface area contributed by atoms with Gasteiger partial charge in [0, 0.05) is 16.2 Å². The van der Waals surface area contributed by atoms with Gasteiger partial charge in [0.1, 0.15) is 11.2 Å². The Kier molecular flexibility index (Phi) is 5.13. The Balaban J connectivity index is 1.76. The maximum absolute atomic E-state index is 13.6. The van der Waals surface area contributed by atoms with Crippen LogP contribution in [0.4, 0.5) is 13.2 Å². The Labute approximate surface area is 193 Å². The molecule has 0 unspecified atom stereocenters. The molecule has 0 amide bonds. The number of halogens is 4. The number of benzene rings is 3. The highest BCUT2D eigenvalue weighted by atomic mass is 79.9. The van der Waals surface area contributed by atoms with E-state index in [4.69, 9.17) is 0 Å². The first-order valence-electron chi connectivity index (χ1n) is 9.83. The standard InChI is InChI=1S/C24H14BrF3N4O/c25-17-10-12-19(13-11-17)32-22(15-6-8-16(9-7-15)24(26,27)28)29-21-20(23(32)33)14-31(30-21)18-4-2-1-3-5-18/h1-14H. The van der Waals surface area contributed by atoms with E-state index in [2.05, 4.69) is 26.0 Å². The van der Waals surface area contributed by atoms with E-state index in [0.717, 1.165) is 22.3 Å². The molecule has 0 aliphatic rings. The van der Waals surface area contributed by atoms with Gasteiger partial charge in [-0.3, -0.25) is 9.36 Å². The summed E-state index contributed by atoms with van der Waals surface area (Å²) < 4.78 is 42.9. The maximum atomic E-state index is 13.6. The third-order valence-electron chi connectivity index (χ3n) is 5.13. The molecule has 0 fully saturated rings. The van der Waals surface area contributed by atoms with Gasteiger partial charge in [0.25, 0.3) is 5.56 Å². The topological polar surface area (TPSA) is 52.7 Å². The van der Waals surface area contributed by atoms with Crippen molar-refractivity contribution in [2.45, 2.75) is 6.18 Å². The SMILES string of the molecule is O=c1c2cn(-c3ccccc3)nc2nc(-c2ccc(C(F)(F)F)cc2)n1-c1ccc(Br)cc1. The van der Waals surface area contributed by atoms with Crippen LogP contribution in [0.15, 0.2) is 94.3 Å². The molecule has 2 aromatic heterocycles. The first-order chi connectivity index (χ1) is 15.8. The van der Waals surface area contributed by atoms with Gasteiger partial charge in [-0.05, 0) is 48.5 Å². The summed E-state index contributed by atoms with van der Waals surface area (Å²) in [7, 11) is 0. The zero-order valence-electron chi connectivity index (χ0n) is 16.8. The predicted molar refractivity (Wildman–Crippen MR) is 123 cm³/mol. The van der Waals surface area contributed by atoms with Crippen molar-refractivity contribution in [3.05, 3.63) is 105 Å². The largest absolute Gasteiger partial charge is 0.416 e. The Hall–Kier alpha value is -3.72. The van der Waals surface area contributed by atoms with Crippen LogP contribution < -0.4 is 5.56 Å². The minimum Gasteiger partial charge on any atom is -0.268 e. The molecule has 0 aliphatic carbocycles. The molecule has 5 nitrogen and oxygen atoms in total. The number of hydrogen-bond donors (Lipinski definition) is 0. The van der Waals surface area contributed by atoms with E-state index in [1.807, 2.05) is 30.3 Å². The van der Waals surface area contributed by atoms with Crippen molar-refractivity contribution in [1.29, 1.82) is 0 Å². The Morgan fingerprint density at radius 2 is 1.48 bits per heavy atom. The Morgan fingerprint density at radius 1 is 0.818 bits per heavy atom. The lowest BCUT2D eigenvalue weighted by Gasteiger charge is -2.13. The van der Waals surface area contributed by atoms with Gasteiger partial charge < -0.3 is 0 Å². The average molecular weight is 511 g/mol. The van der Waals surface area contributed by atoms with Crippen molar-refractivity contribution in [2.24, 2.45) is 0 Å². The number of nitrogens with zero attached hydrogens (tertiary/aromatic N) is 4. The number of hydrogen-bond acceptors (Lipinski definition) is 3. The summed E-state index contributed by atoms with van der Waals surface area (Å²) in [5.41, 5.74) is 0.685. The molecule has 0 saturated heterocycles. The van der Waals surface area contributed by atoms with Gasteiger partial charge in [-0.15, -0.1) is 5.10 Å². The number of rotatable bonds is 3. The highest BCUT2D eigenvalue weighted by Gasteiger charge is 2.30. The van der Waals surface area contributed by atoms with E-state index < -0.39 is 11.7 Å². The van der Waals surface area contributed by atoms with E-state index >= 15 is 0 Å². The van der Waals surface area contributed by atoms with Crippen LogP contribution in [0, 0.1) is 0 Å². The highest BCUT2D eigenvalue weighted by Crippen LogP contribution is 2.31. The molecule has 9 heteroatoms. The number of para-hydroxylation sites is 1. The number of alkyl halides is 3.